The standard InChI is InChI=1S/C38H49N5O2/c1-9-12-20-39-38(36-26(5)13-16-31-37(36)45-35-19-21-42(7)24-32(35)41-31)40-28-14-18-34(27(6)22-28)44-29-15-17-33(43(8)11-3)30(23-29)25(4)10-2/h11-18,20,22-23,25,32,35,41H,3,9-10,19,21,24H2,1-2,4-8H3,(H,39,40)/b20-12+. The summed E-state index contributed by atoms with van der Waals surface area (Å²) in [6, 6.07) is 17.0. The van der Waals surface area contributed by atoms with E-state index in [1.165, 1.54) is 5.56 Å². The van der Waals surface area contributed by atoms with Crippen LogP contribution in [0.1, 0.15) is 68.2 Å². The molecule has 0 spiro atoms. The molecule has 7 heteroatoms. The van der Waals surface area contributed by atoms with Gasteiger partial charge in [-0.05, 0) is 111 Å². The highest BCUT2D eigenvalue weighted by Gasteiger charge is 2.35. The minimum Gasteiger partial charge on any atom is -0.485 e. The third-order valence-electron chi connectivity index (χ3n) is 8.97. The molecule has 3 unspecified atom stereocenters. The number of piperidine rings is 1. The first-order valence-corrected chi connectivity index (χ1v) is 16.3. The molecule has 3 atom stereocenters. The zero-order chi connectivity index (χ0) is 32.1. The number of nitrogens with zero attached hydrogens (tertiary/aromatic N) is 3. The highest BCUT2D eigenvalue weighted by Crippen LogP contribution is 2.40. The lowest BCUT2D eigenvalue weighted by Crippen LogP contribution is -2.53. The third-order valence-corrected chi connectivity index (χ3v) is 8.97. The van der Waals surface area contributed by atoms with Crippen molar-refractivity contribution in [3.8, 4) is 17.2 Å². The van der Waals surface area contributed by atoms with Crippen LogP contribution < -0.4 is 25.0 Å². The Morgan fingerprint density at radius 2 is 2.00 bits per heavy atom. The van der Waals surface area contributed by atoms with Crippen LogP contribution in [0.2, 0.25) is 0 Å². The summed E-state index contributed by atoms with van der Waals surface area (Å²) in [4.78, 5) is 9.33. The van der Waals surface area contributed by atoms with Gasteiger partial charge in [-0.1, -0.05) is 39.5 Å². The van der Waals surface area contributed by atoms with Crippen LogP contribution >= 0.6 is 0 Å². The van der Waals surface area contributed by atoms with Crippen LogP contribution in [0.15, 0.2) is 78.6 Å². The summed E-state index contributed by atoms with van der Waals surface area (Å²) < 4.78 is 13.2. The molecule has 0 bridgehead atoms. The first kappa shape index (κ1) is 32.2. The van der Waals surface area contributed by atoms with E-state index < -0.39 is 0 Å². The summed E-state index contributed by atoms with van der Waals surface area (Å²) in [5.41, 5.74) is 7.47. The fourth-order valence-electron chi connectivity index (χ4n) is 6.06. The molecule has 238 valence electrons. The Morgan fingerprint density at radius 3 is 2.73 bits per heavy atom. The predicted molar refractivity (Wildman–Crippen MR) is 190 cm³/mol. The molecule has 3 aromatic rings. The molecule has 0 saturated carbocycles. The number of rotatable bonds is 10. The van der Waals surface area contributed by atoms with Gasteiger partial charge in [0.1, 0.15) is 23.4 Å². The van der Waals surface area contributed by atoms with Gasteiger partial charge in [0.05, 0.1) is 17.3 Å². The molecule has 1 saturated heterocycles. The Bertz CT molecular complexity index is 1580. The van der Waals surface area contributed by atoms with Crippen molar-refractivity contribution in [1.82, 2.24) is 4.90 Å². The van der Waals surface area contributed by atoms with Crippen LogP contribution in [0.5, 0.6) is 17.2 Å². The number of nitrogens with one attached hydrogen (secondary N) is 2. The third kappa shape index (κ3) is 7.20. The maximum absolute atomic E-state index is 6.73. The Hall–Kier alpha value is -4.23. The van der Waals surface area contributed by atoms with Gasteiger partial charge < -0.3 is 29.9 Å². The second kappa shape index (κ2) is 14.2. The quantitative estimate of drug-likeness (QED) is 0.177. The zero-order valence-corrected chi connectivity index (χ0v) is 28.0. The van der Waals surface area contributed by atoms with Gasteiger partial charge in [0.25, 0.3) is 0 Å². The Morgan fingerprint density at radius 1 is 1.18 bits per heavy atom. The molecule has 5 rings (SSSR count). The van der Waals surface area contributed by atoms with Crippen molar-refractivity contribution in [2.24, 2.45) is 4.99 Å². The fourth-order valence-corrected chi connectivity index (χ4v) is 6.06. The maximum Gasteiger partial charge on any atom is 0.154 e. The lowest BCUT2D eigenvalue weighted by molar-refractivity contribution is 0.0924. The van der Waals surface area contributed by atoms with Crippen molar-refractivity contribution >= 4 is 22.9 Å². The van der Waals surface area contributed by atoms with Crippen LogP contribution in [0.25, 0.3) is 0 Å². The first-order chi connectivity index (χ1) is 21.7. The number of hydrogen-bond donors (Lipinski definition) is 2. The highest BCUT2D eigenvalue weighted by molar-refractivity contribution is 6.12. The van der Waals surface area contributed by atoms with Crippen molar-refractivity contribution in [3.63, 3.8) is 0 Å². The molecular formula is C38H49N5O2. The second-order valence-corrected chi connectivity index (χ2v) is 12.4. The molecule has 1 fully saturated rings. The van der Waals surface area contributed by atoms with Gasteiger partial charge in [0, 0.05) is 37.7 Å². The first-order valence-electron chi connectivity index (χ1n) is 16.3. The molecule has 0 radical (unpaired) electrons. The number of ether oxygens (including phenoxy) is 2. The maximum atomic E-state index is 6.73. The topological polar surface area (TPSA) is 61.4 Å². The number of fused-ring (bicyclic) bond motifs is 2. The summed E-state index contributed by atoms with van der Waals surface area (Å²) in [5.74, 6) is 3.67. The van der Waals surface area contributed by atoms with E-state index in [0.717, 1.165) is 89.2 Å². The minimum atomic E-state index is 0.132. The predicted octanol–water partition coefficient (Wildman–Crippen LogP) is 8.85. The van der Waals surface area contributed by atoms with Gasteiger partial charge in [0.2, 0.25) is 0 Å². The minimum absolute atomic E-state index is 0.132. The van der Waals surface area contributed by atoms with Gasteiger partial charge in [0.15, 0.2) is 5.75 Å². The normalized spacial score (nSPS) is 18.8. The molecule has 3 aromatic carbocycles. The molecule has 2 heterocycles. The van der Waals surface area contributed by atoms with Gasteiger partial charge in [-0.25, -0.2) is 4.99 Å². The molecule has 2 aliphatic rings. The summed E-state index contributed by atoms with van der Waals surface area (Å²) in [6.07, 6.45) is 8.86. The molecule has 0 aliphatic carbocycles. The summed E-state index contributed by atoms with van der Waals surface area (Å²) in [6.45, 7) is 16.7. The molecule has 0 aromatic heterocycles. The van der Waals surface area contributed by atoms with Crippen LogP contribution in [0.4, 0.5) is 17.1 Å². The van der Waals surface area contributed by atoms with Crippen molar-refractivity contribution in [1.29, 1.82) is 0 Å². The number of aryl methyl sites for hydroxylation is 2. The lowest BCUT2D eigenvalue weighted by Gasteiger charge is -2.42. The van der Waals surface area contributed by atoms with Crippen molar-refractivity contribution in [2.45, 2.75) is 71.9 Å². The second-order valence-electron chi connectivity index (χ2n) is 12.4. The SMILES string of the molecule is C=CN(C)c1ccc(Oc2ccc(NC(=N/C=C/CC)c3c(C)ccc4c3OC3CCN(C)CC3N4)cc2C)cc1C(C)CC. The van der Waals surface area contributed by atoms with E-state index in [4.69, 9.17) is 14.5 Å². The van der Waals surface area contributed by atoms with Crippen LogP contribution in [-0.4, -0.2) is 50.1 Å². The number of likely N-dealkylation sites (tertiary alicyclic amines) is 1. The number of likely N-dealkylation sites (N-methyl/N-ethyl adjacent to an activating group) is 1. The number of aliphatic imine (C=N–C) groups is 1. The van der Waals surface area contributed by atoms with E-state index in [9.17, 15) is 0 Å². The van der Waals surface area contributed by atoms with Gasteiger partial charge in [-0.3, -0.25) is 0 Å². The molecule has 2 aliphatic heterocycles. The number of anilines is 3. The summed E-state index contributed by atoms with van der Waals surface area (Å²) >= 11 is 0. The number of allylic oxidation sites excluding steroid dienone is 1. The van der Waals surface area contributed by atoms with E-state index in [2.05, 4.69) is 105 Å². The van der Waals surface area contributed by atoms with Crippen molar-refractivity contribution in [2.75, 3.05) is 42.7 Å². The number of amidine groups is 1. The monoisotopic (exact) mass is 607 g/mol. The fraction of sp³-hybridized carbons (Fsp3) is 0.395. The van der Waals surface area contributed by atoms with Crippen LogP contribution in [0, 0.1) is 13.8 Å². The lowest BCUT2D eigenvalue weighted by atomic mass is 9.96. The molecule has 0 amide bonds. The number of benzene rings is 3. The highest BCUT2D eigenvalue weighted by atomic mass is 16.5. The molecule has 2 N–H and O–H groups in total. The van der Waals surface area contributed by atoms with Gasteiger partial charge >= 0.3 is 0 Å². The van der Waals surface area contributed by atoms with Gasteiger partial charge in [-0.2, -0.15) is 0 Å². The van der Waals surface area contributed by atoms with Crippen molar-refractivity contribution < 1.29 is 9.47 Å². The van der Waals surface area contributed by atoms with Crippen molar-refractivity contribution in [3.05, 3.63) is 95.8 Å². The van der Waals surface area contributed by atoms with E-state index in [-0.39, 0.29) is 12.1 Å². The van der Waals surface area contributed by atoms with E-state index in [0.29, 0.717) is 5.92 Å². The Balaban J connectivity index is 1.43. The molecular weight excluding hydrogens is 558 g/mol. The molecule has 7 nitrogen and oxygen atoms in total. The average Bonchev–Trinajstić information content (AvgIpc) is 3.04. The Kier molecular flexibility index (Phi) is 10.2. The summed E-state index contributed by atoms with van der Waals surface area (Å²) in [7, 11) is 4.20. The zero-order valence-electron chi connectivity index (χ0n) is 28.0. The number of hydrogen-bond acceptors (Lipinski definition) is 6. The van der Waals surface area contributed by atoms with Gasteiger partial charge in [-0.15, -0.1) is 0 Å². The van der Waals surface area contributed by atoms with E-state index in [1.54, 1.807) is 0 Å². The van der Waals surface area contributed by atoms with Crippen LogP contribution in [-0.2, 0) is 0 Å². The average molecular weight is 608 g/mol. The van der Waals surface area contributed by atoms with Crippen LogP contribution in [0.3, 0.4) is 0 Å². The Labute approximate surface area is 269 Å². The van der Waals surface area contributed by atoms with E-state index >= 15 is 0 Å². The largest absolute Gasteiger partial charge is 0.485 e. The smallest absolute Gasteiger partial charge is 0.154 e. The summed E-state index contributed by atoms with van der Waals surface area (Å²) in [5, 5.41) is 7.38. The molecule has 45 heavy (non-hydrogen) atoms. The van der Waals surface area contributed by atoms with E-state index in [1.807, 2.05) is 37.6 Å².